The highest BCUT2D eigenvalue weighted by molar-refractivity contribution is 5.89. The second kappa shape index (κ2) is 6.96. The molecule has 0 saturated carbocycles. The summed E-state index contributed by atoms with van der Waals surface area (Å²) in [6.07, 6.45) is 0. The zero-order chi connectivity index (χ0) is 16.9. The number of nitrogens with zero attached hydrogens (tertiary/aromatic N) is 5. The van der Waals surface area contributed by atoms with Crippen LogP contribution in [-0.2, 0) is 0 Å². The predicted octanol–water partition coefficient (Wildman–Crippen LogP) is 2.01. The Labute approximate surface area is 140 Å². The summed E-state index contributed by atoms with van der Waals surface area (Å²) in [6, 6.07) is 13.0. The number of carbonyl (C=O) groups is 1. The van der Waals surface area contributed by atoms with Crippen molar-refractivity contribution in [3.63, 3.8) is 0 Å². The van der Waals surface area contributed by atoms with Crippen LogP contribution in [0.3, 0.4) is 0 Å². The molecule has 7 nitrogen and oxygen atoms in total. The number of para-hydroxylation sites is 1. The van der Waals surface area contributed by atoms with Gasteiger partial charge in [0.1, 0.15) is 11.8 Å². The normalized spacial score (nSPS) is 14.2. The second-order valence-electron chi connectivity index (χ2n) is 5.58. The minimum atomic E-state index is -0.108. The molecular formula is C17H18N6O. The summed E-state index contributed by atoms with van der Waals surface area (Å²) < 4.78 is 0. The number of nitriles is 1. The molecule has 1 aliphatic heterocycles. The minimum absolute atomic E-state index is 0.108. The van der Waals surface area contributed by atoms with E-state index in [4.69, 9.17) is 5.26 Å². The SMILES string of the molecule is Cc1cc(C#N)nc(N2CCN(C(=O)Nc3ccccc3)CC2)n1. The molecule has 0 radical (unpaired) electrons. The maximum Gasteiger partial charge on any atom is 0.321 e. The summed E-state index contributed by atoms with van der Waals surface area (Å²) in [4.78, 5) is 24.7. The number of carbonyl (C=O) groups excluding carboxylic acids is 1. The first kappa shape index (κ1) is 15.7. The molecule has 2 amide bonds. The van der Waals surface area contributed by atoms with Crippen LogP contribution in [0.2, 0.25) is 0 Å². The van der Waals surface area contributed by atoms with E-state index in [9.17, 15) is 4.79 Å². The molecule has 0 unspecified atom stereocenters. The van der Waals surface area contributed by atoms with Gasteiger partial charge in [-0.1, -0.05) is 18.2 Å². The molecule has 1 aromatic carbocycles. The molecular weight excluding hydrogens is 304 g/mol. The van der Waals surface area contributed by atoms with Crippen LogP contribution in [0.5, 0.6) is 0 Å². The summed E-state index contributed by atoms with van der Waals surface area (Å²) in [5.41, 5.74) is 1.91. The fraction of sp³-hybridized carbons (Fsp3) is 0.294. The number of urea groups is 1. The van der Waals surface area contributed by atoms with E-state index in [1.807, 2.05) is 48.2 Å². The van der Waals surface area contributed by atoms with E-state index < -0.39 is 0 Å². The van der Waals surface area contributed by atoms with Crippen LogP contribution in [0, 0.1) is 18.3 Å². The van der Waals surface area contributed by atoms with Gasteiger partial charge in [-0.15, -0.1) is 0 Å². The van der Waals surface area contributed by atoms with Gasteiger partial charge >= 0.3 is 6.03 Å². The third-order valence-corrected chi connectivity index (χ3v) is 3.83. The van der Waals surface area contributed by atoms with Crippen molar-refractivity contribution in [1.29, 1.82) is 5.26 Å². The number of piperazine rings is 1. The first-order chi connectivity index (χ1) is 11.7. The van der Waals surface area contributed by atoms with Gasteiger partial charge in [0.2, 0.25) is 5.95 Å². The lowest BCUT2D eigenvalue weighted by atomic mass is 10.3. The van der Waals surface area contributed by atoms with Crippen molar-refractivity contribution in [2.45, 2.75) is 6.92 Å². The first-order valence-corrected chi connectivity index (χ1v) is 7.77. The fourth-order valence-corrected chi connectivity index (χ4v) is 2.59. The molecule has 24 heavy (non-hydrogen) atoms. The van der Waals surface area contributed by atoms with E-state index in [0.717, 1.165) is 11.4 Å². The molecule has 7 heteroatoms. The lowest BCUT2D eigenvalue weighted by Gasteiger charge is -2.34. The molecule has 0 bridgehead atoms. The number of anilines is 2. The lowest BCUT2D eigenvalue weighted by Crippen LogP contribution is -2.50. The van der Waals surface area contributed by atoms with Gasteiger partial charge in [-0.2, -0.15) is 5.26 Å². The number of amides is 2. The quantitative estimate of drug-likeness (QED) is 0.914. The Balaban J connectivity index is 1.61. The van der Waals surface area contributed by atoms with Gasteiger partial charge < -0.3 is 15.1 Å². The fourth-order valence-electron chi connectivity index (χ4n) is 2.59. The highest BCUT2D eigenvalue weighted by Gasteiger charge is 2.23. The molecule has 0 atom stereocenters. The maximum absolute atomic E-state index is 12.3. The van der Waals surface area contributed by atoms with Crippen molar-refractivity contribution in [2.24, 2.45) is 0 Å². The zero-order valence-electron chi connectivity index (χ0n) is 13.4. The van der Waals surface area contributed by atoms with Gasteiger partial charge in [0, 0.05) is 37.6 Å². The summed E-state index contributed by atoms with van der Waals surface area (Å²) in [6.45, 7) is 4.28. The standard InChI is InChI=1S/C17H18N6O/c1-13-11-15(12-18)20-16(19-13)22-7-9-23(10-8-22)17(24)21-14-5-3-2-4-6-14/h2-6,11H,7-10H2,1H3,(H,21,24). The van der Waals surface area contributed by atoms with Gasteiger partial charge in [-0.25, -0.2) is 14.8 Å². The summed E-state index contributed by atoms with van der Waals surface area (Å²) in [7, 11) is 0. The molecule has 2 aromatic rings. The lowest BCUT2D eigenvalue weighted by molar-refractivity contribution is 0.208. The Morgan fingerprint density at radius 1 is 1.17 bits per heavy atom. The highest BCUT2D eigenvalue weighted by Crippen LogP contribution is 2.14. The van der Waals surface area contributed by atoms with Gasteiger partial charge in [-0.3, -0.25) is 0 Å². The number of rotatable bonds is 2. The van der Waals surface area contributed by atoms with Crippen LogP contribution in [0.1, 0.15) is 11.4 Å². The number of hydrogen-bond donors (Lipinski definition) is 1. The third kappa shape index (κ3) is 3.60. The van der Waals surface area contributed by atoms with Crippen molar-refractivity contribution >= 4 is 17.7 Å². The summed E-state index contributed by atoms with van der Waals surface area (Å²) >= 11 is 0. The minimum Gasteiger partial charge on any atom is -0.337 e. The Morgan fingerprint density at radius 3 is 2.54 bits per heavy atom. The first-order valence-electron chi connectivity index (χ1n) is 7.77. The second-order valence-corrected chi connectivity index (χ2v) is 5.58. The van der Waals surface area contributed by atoms with E-state index in [-0.39, 0.29) is 6.03 Å². The molecule has 2 heterocycles. The van der Waals surface area contributed by atoms with Crippen molar-refractivity contribution < 1.29 is 4.79 Å². The van der Waals surface area contributed by atoms with Crippen LogP contribution < -0.4 is 10.2 Å². The maximum atomic E-state index is 12.3. The van der Waals surface area contributed by atoms with Crippen LogP contribution >= 0.6 is 0 Å². The highest BCUT2D eigenvalue weighted by atomic mass is 16.2. The van der Waals surface area contributed by atoms with E-state index in [0.29, 0.717) is 37.8 Å². The molecule has 1 aliphatic rings. The molecule has 1 aromatic heterocycles. The van der Waals surface area contributed by atoms with Crippen molar-refractivity contribution in [1.82, 2.24) is 14.9 Å². The van der Waals surface area contributed by atoms with E-state index in [2.05, 4.69) is 15.3 Å². The predicted molar refractivity (Wildman–Crippen MR) is 90.7 cm³/mol. The van der Waals surface area contributed by atoms with Crippen molar-refractivity contribution in [2.75, 3.05) is 36.4 Å². The van der Waals surface area contributed by atoms with Gasteiger partial charge in [-0.05, 0) is 25.1 Å². The number of benzene rings is 1. The van der Waals surface area contributed by atoms with E-state index >= 15 is 0 Å². The van der Waals surface area contributed by atoms with Crippen LogP contribution in [-0.4, -0.2) is 47.1 Å². The molecule has 0 spiro atoms. The van der Waals surface area contributed by atoms with E-state index in [1.54, 1.807) is 11.0 Å². The smallest absolute Gasteiger partial charge is 0.321 e. The molecule has 0 aliphatic carbocycles. The Morgan fingerprint density at radius 2 is 1.88 bits per heavy atom. The van der Waals surface area contributed by atoms with Crippen LogP contribution in [0.15, 0.2) is 36.4 Å². The Kier molecular flexibility index (Phi) is 4.57. The zero-order valence-corrected chi connectivity index (χ0v) is 13.4. The van der Waals surface area contributed by atoms with Gasteiger partial charge in [0.25, 0.3) is 0 Å². The number of aromatic nitrogens is 2. The van der Waals surface area contributed by atoms with Crippen LogP contribution in [0.25, 0.3) is 0 Å². The Bertz CT molecular complexity index is 762. The molecule has 1 saturated heterocycles. The monoisotopic (exact) mass is 322 g/mol. The van der Waals surface area contributed by atoms with E-state index in [1.165, 1.54) is 0 Å². The molecule has 1 fully saturated rings. The number of aryl methyl sites for hydroxylation is 1. The summed E-state index contributed by atoms with van der Waals surface area (Å²) in [5, 5.41) is 11.9. The summed E-state index contributed by atoms with van der Waals surface area (Å²) in [5.74, 6) is 0.551. The van der Waals surface area contributed by atoms with Crippen molar-refractivity contribution in [3.05, 3.63) is 47.8 Å². The topological polar surface area (TPSA) is 85.2 Å². The number of hydrogen-bond acceptors (Lipinski definition) is 5. The average Bonchev–Trinajstić information content (AvgIpc) is 2.62. The average molecular weight is 322 g/mol. The largest absolute Gasteiger partial charge is 0.337 e. The van der Waals surface area contributed by atoms with Gasteiger partial charge in [0.05, 0.1) is 0 Å². The molecule has 1 N–H and O–H groups in total. The molecule has 3 rings (SSSR count). The Hall–Kier alpha value is -3.14. The van der Waals surface area contributed by atoms with Crippen LogP contribution in [0.4, 0.5) is 16.4 Å². The van der Waals surface area contributed by atoms with Gasteiger partial charge in [0.15, 0.2) is 0 Å². The van der Waals surface area contributed by atoms with Crippen molar-refractivity contribution in [3.8, 4) is 6.07 Å². The molecule has 122 valence electrons. The third-order valence-electron chi connectivity index (χ3n) is 3.83. The number of nitrogens with one attached hydrogen (secondary N) is 1.